The molecule has 1 aromatic heterocycles. The largest absolute Gasteiger partial charge is 0.399 e. The van der Waals surface area contributed by atoms with Crippen LogP contribution in [0.25, 0.3) is 23.1 Å². The van der Waals surface area contributed by atoms with E-state index >= 15 is 0 Å². The molecule has 0 atom stereocenters. The zero-order valence-corrected chi connectivity index (χ0v) is 15.3. The van der Waals surface area contributed by atoms with Crippen molar-refractivity contribution in [3.05, 3.63) is 89.1 Å². The Morgan fingerprint density at radius 3 is 2.52 bits per heavy atom. The van der Waals surface area contributed by atoms with Crippen LogP contribution in [0.15, 0.2) is 66.7 Å². The highest BCUT2D eigenvalue weighted by molar-refractivity contribution is 6.35. The lowest BCUT2D eigenvalue weighted by Gasteiger charge is -2.16. The Bertz CT molecular complexity index is 1320. The van der Waals surface area contributed by atoms with Gasteiger partial charge in [-0.05, 0) is 42.0 Å². The van der Waals surface area contributed by atoms with Crippen LogP contribution in [0.5, 0.6) is 0 Å². The Balaban J connectivity index is 1.55. The number of amides is 2. The summed E-state index contributed by atoms with van der Waals surface area (Å²) in [5, 5.41) is 8.33. The van der Waals surface area contributed by atoms with Gasteiger partial charge in [-0.1, -0.05) is 42.5 Å². The van der Waals surface area contributed by atoms with Gasteiger partial charge in [0.25, 0.3) is 11.8 Å². The number of benzene rings is 3. The first kappa shape index (κ1) is 16.9. The van der Waals surface area contributed by atoms with Crippen molar-refractivity contribution in [2.45, 2.75) is 0 Å². The number of carbonyl (C=O) groups excluding carboxylic acids is 2. The van der Waals surface area contributed by atoms with Crippen LogP contribution in [-0.4, -0.2) is 22.0 Å². The summed E-state index contributed by atoms with van der Waals surface area (Å²) in [6.07, 6.45) is 3.73. The molecule has 0 fully saturated rings. The molecule has 1 aliphatic rings. The number of anilines is 2. The van der Waals surface area contributed by atoms with Gasteiger partial charge in [0.2, 0.25) is 0 Å². The summed E-state index contributed by atoms with van der Waals surface area (Å²) >= 11 is 0. The predicted molar refractivity (Wildman–Crippen MR) is 113 cm³/mol. The number of H-pyrrole nitrogens is 1. The Morgan fingerprint density at radius 1 is 0.862 bits per heavy atom. The molecule has 3 N–H and O–H groups in total. The van der Waals surface area contributed by atoms with Gasteiger partial charge < -0.3 is 5.73 Å². The molecule has 0 aliphatic carbocycles. The highest BCUT2D eigenvalue weighted by Gasteiger charge is 2.37. The number of nitrogens with one attached hydrogen (secondary N) is 1. The second-order valence-corrected chi connectivity index (χ2v) is 6.80. The molecular weight excluding hydrogens is 364 g/mol. The first-order valence-corrected chi connectivity index (χ1v) is 9.12. The number of carbonyl (C=O) groups is 2. The highest BCUT2D eigenvalue weighted by Crippen LogP contribution is 2.32. The molecule has 140 valence electrons. The predicted octanol–water partition coefficient (Wildman–Crippen LogP) is 4.12. The van der Waals surface area contributed by atoms with Gasteiger partial charge >= 0.3 is 0 Å². The van der Waals surface area contributed by atoms with Gasteiger partial charge in [0, 0.05) is 11.1 Å². The zero-order chi connectivity index (χ0) is 20.0. The van der Waals surface area contributed by atoms with Crippen LogP contribution in [0, 0.1) is 0 Å². The van der Waals surface area contributed by atoms with Crippen LogP contribution < -0.4 is 10.6 Å². The van der Waals surface area contributed by atoms with E-state index in [4.69, 9.17) is 5.73 Å². The SMILES string of the molecule is Nc1ccc2c(c1)C(=O)N(c1ccccc1C=Cc1n[nH]c3ccccc13)C2=O. The Kier molecular flexibility index (Phi) is 3.77. The minimum atomic E-state index is -0.372. The van der Waals surface area contributed by atoms with Gasteiger partial charge in [0.05, 0.1) is 28.0 Å². The average Bonchev–Trinajstić information content (AvgIpc) is 3.26. The van der Waals surface area contributed by atoms with E-state index in [-0.39, 0.29) is 11.8 Å². The molecular formula is C23H16N4O2. The molecule has 6 heteroatoms. The molecule has 3 aromatic carbocycles. The third-order valence-corrected chi connectivity index (χ3v) is 5.01. The van der Waals surface area contributed by atoms with Gasteiger partial charge in [-0.3, -0.25) is 14.7 Å². The second kappa shape index (κ2) is 6.45. The minimum absolute atomic E-state index is 0.326. The van der Waals surface area contributed by atoms with Crippen LogP contribution in [0.4, 0.5) is 11.4 Å². The van der Waals surface area contributed by atoms with Crippen molar-refractivity contribution in [1.82, 2.24) is 10.2 Å². The lowest BCUT2D eigenvalue weighted by atomic mass is 10.1. The number of hydrogen-bond acceptors (Lipinski definition) is 4. The molecule has 1 aliphatic heterocycles. The van der Waals surface area contributed by atoms with Crippen LogP contribution in [-0.2, 0) is 0 Å². The summed E-state index contributed by atoms with van der Waals surface area (Å²) in [5.74, 6) is -0.723. The first-order valence-electron chi connectivity index (χ1n) is 9.12. The maximum absolute atomic E-state index is 12.9. The maximum Gasteiger partial charge on any atom is 0.266 e. The van der Waals surface area contributed by atoms with Gasteiger partial charge in [-0.15, -0.1) is 0 Å². The monoisotopic (exact) mass is 380 g/mol. The number of imide groups is 1. The van der Waals surface area contributed by atoms with Gasteiger partial charge in [-0.2, -0.15) is 5.10 Å². The molecule has 0 saturated carbocycles. The molecule has 0 radical (unpaired) electrons. The lowest BCUT2D eigenvalue weighted by Crippen LogP contribution is -2.29. The topological polar surface area (TPSA) is 92.1 Å². The van der Waals surface area contributed by atoms with Crippen molar-refractivity contribution >= 4 is 46.2 Å². The number of aromatic nitrogens is 2. The average molecular weight is 380 g/mol. The normalized spacial score (nSPS) is 13.6. The van der Waals surface area contributed by atoms with Crippen molar-refractivity contribution in [2.75, 3.05) is 10.6 Å². The Morgan fingerprint density at radius 2 is 1.62 bits per heavy atom. The van der Waals surface area contributed by atoms with Gasteiger partial charge in [0.1, 0.15) is 0 Å². The molecule has 0 spiro atoms. The van der Waals surface area contributed by atoms with Crippen LogP contribution in [0.2, 0.25) is 0 Å². The molecule has 4 aromatic rings. The van der Waals surface area contributed by atoms with E-state index in [0.29, 0.717) is 22.5 Å². The lowest BCUT2D eigenvalue weighted by molar-refractivity contribution is 0.0926. The molecule has 0 saturated heterocycles. The number of fused-ring (bicyclic) bond motifs is 2. The van der Waals surface area contributed by atoms with Crippen LogP contribution >= 0.6 is 0 Å². The fraction of sp³-hybridized carbons (Fsp3) is 0. The summed E-state index contributed by atoms with van der Waals surface area (Å²) < 4.78 is 0. The fourth-order valence-electron chi connectivity index (χ4n) is 3.59. The van der Waals surface area contributed by atoms with Crippen molar-refractivity contribution in [3.63, 3.8) is 0 Å². The van der Waals surface area contributed by atoms with E-state index < -0.39 is 0 Å². The quantitative estimate of drug-likeness (QED) is 0.413. The van der Waals surface area contributed by atoms with E-state index in [1.807, 2.05) is 48.6 Å². The summed E-state index contributed by atoms with van der Waals surface area (Å²) in [6.45, 7) is 0. The fourth-order valence-corrected chi connectivity index (χ4v) is 3.59. The van der Waals surface area contributed by atoms with Gasteiger partial charge in [-0.25, -0.2) is 4.90 Å². The Hall–Kier alpha value is -4.19. The number of nitrogens with zero attached hydrogens (tertiary/aromatic N) is 2. The van der Waals surface area contributed by atoms with E-state index in [9.17, 15) is 9.59 Å². The maximum atomic E-state index is 12.9. The van der Waals surface area contributed by atoms with Crippen LogP contribution in [0.1, 0.15) is 32.0 Å². The third-order valence-electron chi connectivity index (χ3n) is 5.01. The minimum Gasteiger partial charge on any atom is -0.399 e. The van der Waals surface area contributed by atoms with E-state index in [0.717, 1.165) is 22.2 Å². The van der Waals surface area contributed by atoms with Crippen molar-refractivity contribution in [2.24, 2.45) is 0 Å². The molecule has 5 rings (SSSR count). The zero-order valence-electron chi connectivity index (χ0n) is 15.3. The highest BCUT2D eigenvalue weighted by atomic mass is 16.2. The van der Waals surface area contributed by atoms with E-state index in [2.05, 4.69) is 10.2 Å². The first-order chi connectivity index (χ1) is 14.1. The van der Waals surface area contributed by atoms with Crippen LogP contribution in [0.3, 0.4) is 0 Å². The summed E-state index contributed by atoms with van der Waals surface area (Å²) in [5.41, 5.74) is 9.92. The van der Waals surface area contributed by atoms with E-state index in [1.165, 1.54) is 4.90 Å². The van der Waals surface area contributed by atoms with Crippen molar-refractivity contribution in [1.29, 1.82) is 0 Å². The standard InChI is InChI=1S/C23H16N4O2/c24-15-10-11-16-18(13-15)23(29)27(22(16)28)21-8-4-1-5-14(21)9-12-20-17-6-2-3-7-19(17)25-26-20/h1-13H,24H2,(H,25,26). The second-order valence-electron chi connectivity index (χ2n) is 6.80. The number of para-hydroxylation sites is 2. The number of nitrogens with two attached hydrogens (primary N) is 1. The molecule has 0 unspecified atom stereocenters. The number of rotatable bonds is 3. The van der Waals surface area contributed by atoms with Gasteiger partial charge in [0.15, 0.2) is 0 Å². The molecule has 2 amide bonds. The summed E-state index contributed by atoms with van der Waals surface area (Å²) in [6, 6.07) is 19.9. The summed E-state index contributed by atoms with van der Waals surface area (Å²) in [4.78, 5) is 27.0. The number of nitrogen functional groups attached to an aromatic ring is 1. The third kappa shape index (κ3) is 2.70. The summed E-state index contributed by atoms with van der Waals surface area (Å²) in [7, 11) is 0. The molecule has 6 nitrogen and oxygen atoms in total. The number of aromatic amines is 1. The van der Waals surface area contributed by atoms with Crippen molar-refractivity contribution < 1.29 is 9.59 Å². The number of hydrogen-bond donors (Lipinski definition) is 2. The molecule has 29 heavy (non-hydrogen) atoms. The smallest absolute Gasteiger partial charge is 0.266 e. The molecule has 2 heterocycles. The van der Waals surface area contributed by atoms with Crippen molar-refractivity contribution in [3.8, 4) is 0 Å². The van der Waals surface area contributed by atoms with E-state index in [1.54, 1.807) is 30.3 Å². The Labute approximate surface area is 166 Å². The molecule has 0 bridgehead atoms.